The van der Waals surface area contributed by atoms with Crippen molar-refractivity contribution in [1.29, 1.82) is 0 Å². The van der Waals surface area contributed by atoms with Crippen molar-refractivity contribution in [1.82, 2.24) is 4.31 Å². The summed E-state index contributed by atoms with van der Waals surface area (Å²) < 4.78 is 15.0. The van der Waals surface area contributed by atoms with Gasteiger partial charge in [-0.15, -0.1) is 4.31 Å². The number of carbonyl (C=O) groups excluding carboxylic acids is 1. The van der Waals surface area contributed by atoms with Crippen molar-refractivity contribution in [2.45, 2.75) is 24.3 Å². The summed E-state index contributed by atoms with van der Waals surface area (Å²) in [6.07, 6.45) is 0.538. The largest absolute Gasteiger partial charge is 0.593 e. The number of hydrogen-bond donors (Lipinski definition) is 0. The Bertz CT molecular complexity index is 1160. The Balaban J connectivity index is 1.64. The van der Waals surface area contributed by atoms with E-state index in [0.717, 1.165) is 21.7 Å². The molecule has 4 rings (SSSR count). The summed E-state index contributed by atoms with van der Waals surface area (Å²) in [6, 6.07) is 27.8. The van der Waals surface area contributed by atoms with E-state index in [0.29, 0.717) is 11.3 Å². The van der Waals surface area contributed by atoms with Gasteiger partial charge in [0, 0.05) is 13.1 Å². The van der Waals surface area contributed by atoms with Gasteiger partial charge >= 0.3 is 0 Å². The SMILES string of the molecule is CC(=O)[C@H](Cc1ccccc1)N(C)[S+]([O-])c1ccc2cc3ccccc3cc2c1. The van der Waals surface area contributed by atoms with Crippen LogP contribution < -0.4 is 0 Å². The number of rotatable bonds is 6. The molecule has 0 saturated heterocycles. The monoisotopic (exact) mass is 401 g/mol. The van der Waals surface area contributed by atoms with E-state index in [9.17, 15) is 9.35 Å². The first kappa shape index (κ1) is 19.6. The molecule has 0 N–H and O–H groups in total. The zero-order valence-corrected chi connectivity index (χ0v) is 17.4. The highest BCUT2D eigenvalue weighted by Crippen LogP contribution is 2.27. The average molecular weight is 402 g/mol. The van der Waals surface area contributed by atoms with E-state index in [-0.39, 0.29) is 5.78 Å². The van der Waals surface area contributed by atoms with Crippen LogP contribution in [0.25, 0.3) is 21.5 Å². The number of nitrogens with zero attached hydrogens (tertiary/aromatic N) is 1. The van der Waals surface area contributed by atoms with Crippen LogP contribution >= 0.6 is 0 Å². The van der Waals surface area contributed by atoms with E-state index in [4.69, 9.17) is 0 Å². The maximum absolute atomic E-state index is 13.3. The Morgan fingerprint density at radius 2 is 1.45 bits per heavy atom. The van der Waals surface area contributed by atoms with E-state index in [1.54, 1.807) is 18.3 Å². The van der Waals surface area contributed by atoms with Gasteiger partial charge in [-0.2, -0.15) is 0 Å². The fourth-order valence-electron chi connectivity index (χ4n) is 3.67. The molecule has 4 heteroatoms. The zero-order valence-electron chi connectivity index (χ0n) is 16.5. The number of likely N-dealkylation sites (N-methyl/N-ethyl adjacent to an activating group) is 1. The molecular weight excluding hydrogens is 378 g/mol. The molecule has 0 amide bonds. The minimum atomic E-state index is -1.43. The van der Waals surface area contributed by atoms with Crippen molar-refractivity contribution in [3.05, 3.63) is 90.5 Å². The predicted octanol–water partition coefficient (Wildman–Crippen LogP) is 5.15. The number of fused-ring (bicyclic) bond motifs is 2. The molecule has 4 aromatic rings. The Morgan fingerprint density at radius 1 is 0.862 bits per heavy atom. The van der Waals surface area contributed by atoms with Crippen LogP contribution in [0.3, 0.4) is 0 Å². The van der Waals surface area contributed by atoms with Gasteiger partial charge in [0.05, 0.1) is 11.4 Å². The molecule has 1 unspecified atom stereocenters. The normalized spacial score (nSPS) is 13.7. The molecule has 0 radical (unpaired) electrons. The number of Topliss-reactive ketones (excluding diaryl/α,β-unsaturated/α-hetero) is 1. The fourth-order valence-corrected chi connectivity index (χ4v) is 4.87. The molecule has 0 fully saturated rings. The van der Waals surface area contributed by atoms with E-state index < -0.39 is 17.4 Å². The molecule has 0 aliphatic rings. The van der Waals surface area contributed by atoms with Crippen LogP contribution in [0.1, 0.15) is 12.5 Å². The van der Waals surface area contributed by atoms with E-state index in [1.165, 1.54) is 5.39 Å². The third-order valence-corrected chi connectivity index (χ3v) is 6.75. The minimum absolute atomic E-state index is 0.0106. The second-order valence-electron chi connectivity index (χ2n) is 7.32. The van der Waals surface area contributed by atoms with Gasteiger partial charge in [0.15, 0.2) is 10.7 Å². The zero-order chi connectivity index (χ0) is 20.4. The van der Waals surface area contributed by atoms with Crippen molar-refractivity contribution >= 4 is 38.7 Å². The minimum Gasteiger partial charge on any atom is -0.593 e. The topological polar surface area (TPSA) is 43.4 Å². The van der Waals surface area contributed by atoms with Crippen molar-refractivity contribution in [2.75, 3.05) is 7.05 Å². The smallest absolute Gasteiger partial charge is 0.174 e. The standard InChI is InChI=1S/C25H23NO2S/c1-18(27)25(14-19-8-4-3-5-9-19)26(2)29(28)24-13-12-22-15-20-10-6-7-11-21(20)16-23(22)17-24/h3-13,15-17,25H,14H2,1-2H3/t25-,29?/m0/s1. The van der Waals surface area contributed by atoms with Gasteiger partial charge in [-0.25, -0.2) is 0 Å². The van der Waals surface area contributed by atoms with Crippen molar-refractivity contribution < 1.29 is 9.35 Å². The van der Waals surface area contributed by atoms with Crippen LogP contribution in [-0.2, 0) is 22.6 Å². The van der Waals surface area contributed by atoms with Gasteiger partial charge in [-0.1, -0.05) is 54.6 Å². The van der Waals surface area contributed by atoms with Crippen LogP contribution in [0.4, 0.5) is 0 Å². The molecule has 0 heterocycles. The lowest BCUT2D eigenvalue weighted by atomic mass is 10.0. The summed E-state index contributed by atoms with van der Waals surface area (Å²) in [5, 5.41) is 4.50. The summed E-state index contributed by atoms with van der Waals surface area (Å²) in [5.41, 5.74) is 1.06. The molecule has 29 heavy (non-hydrogen) atoms. The number of hydrogen-bond acceptors (Lipinski definition) is 3. The molecule has 0 spiro atoms. The molecule has 0 aromatic heterocycles. The van der Waals surface area contributed by atoms with Crippen molar-refractivity contribution in [3.63, 3.8) is 0 Å². The van der Waals surface area contributed by atoms with E-state index in [1.807, 2.05) is 60.7 Å². The summed E-state index contributed by atoms with van der Waals surface area (Å²) in [7, 11) is 1.76. The van der Waals surface area contributed by atoms with Crippen LogP contribution in [-0.4, -0.2) is 27.7 Å². The molecule has 146 valence electrons. The number of carbonyl (C=O) groups is 1. The number of ketones is 1. The van der Waals surface area contributed by atoms with Crippen LogP contribution in [0.5, 0.6) is 0 Å². The van der Waals surface area contributed by atoms with Gasteiger partial charge in [0.25, 0.3) is 0 Å². The van der Waals surface area contributed by atoms with Crippen LogP contribution in [0.2, 0.25) is 0 Å². The molecule has 3 nitrogen and oxygen atoms in total. The molecule has 0 aliphatic heterocycles. The molecule has 0 bridgehead atoms. The fraction of sp³-hybridized carbons (Fsp3) is 0.160. The first-order chi connectivity index (χ1) is 14.0. The van der Waals surface area contributed by atoms with Crippen molar-refractivity contribution in [3.8, 4) is 0 Å². The summed E-state index contributed by atoms with van der Waals surface area (Å²) in [6.45, 7) is 1.56. The van der Waals surface area contributed by atoms with E-state index >= 15 is 0 Å². The predicted molar refractivity (Wildman–Crippen MR) is 120 cm³/mol. The Hall–Kier alpha value is -2.66. The average Bonchev–Trinajstić information content (AvgIpc) is 2.75. The first-order valence-electron chi connectivity index (χ1n) is 9.64. The van der Waals surface area contributed by atoms with Gasteiger partial charge in [0.1, 0.15) is 6.04 Å². The quantitative estimate of drug-likeness (QED) is 0.332. The highest BCUT2D eigenvalue weighted by Gasteiger charge is 2.30. The van der Waals surface area contributed by atoms with Gasteiger partial charge in [0.2, 0.25) is 0 Å². The van der Waals surface area contributed by atoms with Crippen LogP contribution in [0.15, 0.2) is 89.8 Å². The Kier molecular flexibility index (Phi) is 5.67. The maximum atomic E-state index is 13.3. The Morgan fingerprint density at radius 3 is 2.10 bits per heavy atom. The second-order valence-corrected chi connectivity index (χ2v) is 8.87. The van der Waals surface area contributed by atoms with Crippen molar-refractivity contribution in [2.24, 2.45) is 0 Å². The van der Waals surface area contributed by atoms with Gasteiger partial charge in [-0.05, 0) is 64.7 Å². The molecular formula is C25H23NO2S. The lowest BCUT2D eigenvalue weighted by Crippen LogP contribution is -2.42. The molecule has 4 aromatic carbocycles. The molecule has 0 saturated carbocycles. The van der Waals surface area contributed by atoms with Crippen LogP contribution in [0, 0.1) is 0 Å². The lowest BCUT2D eigenvalue weighted by molar-refractivity contribution is -0.120. The highest BCUT2D eigenvalue weighted by atomic mass is 32.2. The number of benzene rings is 4. The molecule has 0 aliphatic carbocycles. The van der Waals surface area contributed by atoms with E-state index in [2.05, 4.69) is 24.3 Å². The molecule has 2 atom stereocenters. The third-order valence-electron chi connectivity index (χ3n) is 5.32. The Labute approximate surface area is 174 Å². The summed E-state index contributed by atoms with van der Waals surface area (Å²) in [5.74, 6) is 0.0106. The van der Waals surface area contributed by atoms with Gasteiger partial charge in [-0.3, -0.25) is 4.79 Å². The first-order valence-corrected chi connectivity index (χ1v) is 10.8. The third kappa shape index (κ3) is 4.20. The highest BCUT2D eigenvalue weighted by molar-refractivity contribution is 7.89. The second kappa shape index (κ2) is 8.37. The summed E-state index contributed by atoms with van der Waals surface area (Å²) >= 11 is -1.43. The summed E-state index contributed by atoms with van der Waals surface area (Å²) in [4.78, 5) is 13.0. The maximum Gasteiger partial charge on any atom is 0.174 e. The lowest BCUT2D eigenvalue weighted by Gasteiger charge is -2.27. The van der Waals surface area contributed by atoms with Gasteiger partial charge < -0.3 is 4.55 Å².